The minimum Gasteiger partial charge on any atom is -0.207 e. The summed E-state index contributed by atoms with van der Waals surface area (Å²) in [6.07, 6.45) is 3.85. The number of rotatable bonds is 1. The summed E-state index contributed by atoms with van der Waals surface area (Å²) in [5, 5.41) is 9.24. The third kappa shape index (κ3) is 1.26. The number of hydrogen-bond donors (Lipinski definition) is 0. The molecule has 0 saturated heterocycles. The first-order chi connectivity index (χ1) is 7.57. The van der Waals surface area contributed by atoms with Crippen molar-refractivity contribution >= 4 is 0 Å². The Labute approximate surface area is 92.7 Å². The Morgan fingerprint density at radius 1 is 1.06 bits per heavy atom. The molecule has 0 atom stereocenters. The minimum atomic E-state index is -0.639. The van der Waals surface area contributed by atoms with Crippen LogP contribution in [0, 0.1) is 28.4 Å². The molecule has 0 radical (unpaired) electrons. The highest BCUT2D eigenvalue weighted by Crippen LogP contribution is 2.68. The molecule has 0 aromatic heterocycles. The molecule has 16 heavy (non-hydrogen) atoms. The summed E-state index contributed by atoms with van der Waals surface area (Å²) in [6.45, 7) is 0. The zero-order chi connectivity index (χ0) is 11.4. The molecule has 2 fully saturated rings. The van der Waals surface area contributed by atoms with E-state index < -0.39 is 17.0 Å². The minimum absolute atomic E-state index is 0.332. The molecule has 3 rings (SSSR count). The quantitative estimate of drug-likeness (QED) is 0.711. The van der Waals surface area contributed by atoms with E-state index in [0.29, 0.717) is 11.0 Å². The molecule has 1 aromatic carbocycles. The fourth-order valence-corrected chi connectivity index (χ4v) is 2.94. The predicted octanol–water partition coefficient (Wildman–Crippen LogP) is 3.30. The van der Waals surface area contributed by atoms with Crippen LogP contribution in [0.5, 0.6) is 0 Å². The molecule has 0 unspecified atom stereocenters. The summed E-state index contributed by atoms with van der Waals surface area (Å²) >= 11 is 0. The lowest BCUT2D eigenvalue weighted by Gasteiger charge is -2.43. The smallest absolute Gasteiger partial charge is 0.126 e. The van der Waals surface area contributed by atoms with Gasteiger partial charge in [0.2, 0.25) is 0 Å². The fourth-order valence-electron chi connectivity index (χ4n) is 2.94. The maximum atomic E-state index is 13.1. The number of nitriles is 1. The van der Waals surface area contributed by atoms with Crippen molar-refractivity contribution in [1.29, 1.82) is 5.26 Å². The Kier molecular flexibility index (Phi) is 1.72. The first kappa shape index (κ1) is 9.77. The number of nitrogens with zero attached hydrogens (tertiary/aromatic N) is 1. The van der Waals surface area contributed by atoms with E-state index in [1.165, 1.54) is 12.1 Å². The van der Waals surface area contributed by atoms with Gasteiger partial charge >= 0.3 is 0 Å². The van der Waals surface area contributed by atoms with Gasteiger partial charge in [-0.3, -0.25) is 0 Å². The molecular weight excluding hydrogens is 208 g/mol. The van der Waals surface area contributed by atoms with Gasteiger partial charge in [-0.15, -0.1) is 0 Å². The summed E-state index contributed by atoms with van der Waals surface area (Å²) in [4.78, 5) is 0. The second-order valence-electron chi connectivity index (χ2n) is 5.21. The number of hydrogen-bond acceptors (Lipinski definition) is 1. The van der Waals surface area contributed by atoms with Crippen LogP contribution in [-0.2, 0) is 5.41 Å². The lowest BCUT2D eigenvalue weighted by atomic mass is 9.57. The average Bonchev–Trinajstić information content (AvgIpc) is 2.92. The van der Waals surface area contributed by atoms with Gasteiger partial charge < -0.3 is 0 Å². The molecule has 0 bridgehead atoms. The zero-order valence-corrected chi connectivity index (χ0v) is 8.76. The highest BCUT2D eigenvalue weighted by molar-refractivity contribution is 5.40. The summed E-state index contributed by atoms with van der Waals surface area (Å²) in [6, 6.07) is 5.68. The normalized spacial score (nSPS) is 23.6. The molecule has 0 amide bonds. The molecule has 0 aliphatic heterocycles. The highest BCUT2D eigenvalue weighted by atomic mass is 19.1. The van der Waals surface area contributed by atoms with Crippen LogP contribution in [0.25, 0.3) is 0 Å². The zero-order valence-electron chi connectivity index (χ0n) is 8.76. The van der Waals surface area contributed by atoms with E-state index in [1.54, 1.807) is 0 Å². The molecule has 0 N–H and O–H groups in total. The SMILES string of the molecule is N#CC1(c2cc(F)cc(F)c2)CC2(CC2)C1. The number of benzene rings is 1. The van der Waals surface area contributed by atoms with Crippen molar-refractivity contribution in [3.8, 4) is 6.07 Å². The van der Waals surface area contributed by atoms with Gasteiger partial charge in [0.05, 0.1) is 11.5 Å². The van der Waals surface area contributed by atoms with E-state index in [-0.39, 0.29) is 0 Å². The third-order valence-corrected chi connectivity index (χ3v) is 3.94. The lowest BCUT2D eigenvalue weighted by molar-refractivity contribution is 0.172. The summed E-state index contributed by atoms with van der Waals surface area (Å²) < 4.78 is 26.2. The van der Waals surface area contributed by atoms with Crippen molar-refractivity contribution in [1.82, 2.24) is 0 Å². The fraction of sp³-hybridized carbons (Fsp3) is 0.462. The van der Waals surface area contributed by atoms with Crippen LogP contribution in [0.2, 0.25) is 0 Å². The maximum Gasteiger partial charge on any atom is 0.126 e. The third-order valence-electron chi connectivity index (χ3n) is 3.94. The number of halogens is 2. The van der Waals surface area contributed by atoms with Crippen molar-refractivity contribution in [3.63, 3.8) is 0 Å². The van der Waals surface area contributed by atoms with Crippen LogP contribution in [-0.4, -0.2) is 0 Å². The summed E-state index contributed by atoms with van der Waals surface area (Å²) in [5.41, 5.74) is 0.197. The monoisotopic (exact) mass is 219 g/mol. The van der Waals surface area contributed by atoms with E-state index in [9.17, 15) is 14.0 Å². The van der Waals surface area contributed by atoms with Gasteiger partial charge in [0.25, 0.3) is 0 Å². The molecule has 2 aliphatic carbocycles. The van der Waals surface area contributed by atoms with E-state index >= 15 is 0 Å². The summed E-state index contributed by atoms with van der Waals surface area (Å²) in [5.74, 6) is -1.19. The van der Waals surface area contributed by atoms with Crippen molar-refractivity contribution in [2.75, 3.05) is 0 Å². The van der Waals surface area contributed by atoms with Crippen LogP contribution in [0.3, 0.4) is 0 Å². The standard InChI is InChI=1S/C13H11F2N/c14-10-3-9(4-11(15)5-10)13(8-16)6-12(7-13)1-2-12/h3-5H,1-2,6-7H2. The Balaban J connectivity index is 1.99. The highest BCUT2D eigenvalue weighted by Gasteiger charge is 2.62. The Morgan fingerprint density at radius 3 is 2.06 bits per heavy atom. The lowest BCUT2D eigenvalue weighted by Crippen LogP contribution is -2.41. The van der Waals surface area contributed by atoms with Gasteiger partial charge in [-0.25, -0.2) is 8.78 Å². The molecule has 3 heteroatoms. The molecular formula is C13H11F2N. The molecule has 0 heterocycles. The second-order valence-corrected chi connectivity index (χ2v) is 5.21. The van der Waals surface area contributed by atoms with Crippen LogP contribution < -0.4 is 0 Å². The van der Waals surface area contributed by atoms with Crippen LogP contribution >= 0.6 is 0 Å². The van der Waals surface area contributed by atoms with Crippen molar-refractivity contribution < 1.29 is 8.78 Å². The Hall–Kier alpha value is -1.43. The van der Waals surface area contributed by atoms with Crippen molar-refractivity contribution in [3.05, 3.63) is 35.4 Å². The van der Waals surface area contributed by atoms with Gasteiger partial charge in [-0.1, -0.05) is 0 Å². The molecule has 1 aromatic rings. The largest absolute Gasteiger partial charge is 0.207 e. The van der Waals surface area contributed by atoms with Gasteiger partial charge in [-0.2, -0.15) is 5.26 Å². The van der Waals surface area contributed by atoms with Gasteiger partial charge in [0, 0.05) is 6.07 Å². The maximum absolute atomic E-state index is 13.1. The summed E-state index contributed by atoms with van der Waals surface area (Å²) in [7, 11) is 0. The Bertz CT molecular complexity index is 469. The van der Waals surface area contributed by atoms with Gasteiger partial charge in [0.1, 0.15) is 11.6 Å². The first-order valence-corrected chi connectivity index (χ1v) is 5.45. The van der Waals surface area contributed by atoms with Crippen LogP contribution in [0.1, 0.15) is 31.2 Å². The molecule has 2 aliphatic rings. The topological polar surface area (TPSA) is 23.8 Å². The predicted molar refractivity (Wildman–Crippen MR) is 54.6 cm³/mol. The molecule has 82 valence electrons. The van der Waals surface area contributed by atoms with Crippen molar-refractivity contribution in [2.24, 2.45) is 5.41 Å². The molecule has 1 spiro atoms. The Morgan fingerprint density at radius 2 is 1.62 bits per heavy atom. The van der Waals surface area contributed by atoms with Crippen LogP contribution in [0.15, 0.2) is 18.2 Å². The van der Waals surface area contributed by atoms with Gasteiger partial charge in [-0.05, 0) is 48.8 Å². The molecule has 1 nitrogen and oxygen atoms in total. The van der Waals surface area contributed by atoms with Crippen molar-refractivity contribution in [2.45, 2.75) is 31.1 Å². The van der Waals surface area contributed by atoms with E-state index in [1.807, 2.05) is 0 Å². The average molecular weight is 219 g/mol. The van der Waals surface area contributed by atoms with E-state index in [4.69, 9.17) is 0 Å². The van der Waals surface area contributed by atoms with E-state index in [2.05, 4.69) is 6.07 Å². The van der Waals surface area contributed by atoms with Crippen LogP contribution in [0.4, 0.5) is 8.78 Å². The first-order valence-electron chi connectivity index (χ1n) is 5.45. The van der Waals surface area contributed by atoms with Gasteiger partial charge in [0.15, 0.2) is 0 Å². The second kappa shape index (κ2) is 2.82. The molecule has 2 saturated carbocycles. The van der Waals surface area contributed by atoms with E-state index in [0.717, 1.165) is 31.7 Å².